The van der Waals surface area contributed by atoms with Crippen molar-refractivity contribution >= 4 is 11.7 Å². The van der Waals surface area contributed by atoms with Crippen LogP contribution in [-0.2, 0) is 19.0 Å². The fourth-order valence-corrected chi connectivity index (χ4v) is 1.33. The van der Waals surface area contributed by atoms with Gasteiger partial charge in [-0.3, -0.25) is 0 Å². The molecule has 1 aliphatic rings. The number of hydrogen-bond donors (Lipinski definition) is 2. The Labute approximate surface area is 92.6 Å². The Hall–Kier alpha value is -1.18. The van der Waals surface area contributed by atoms with Crippen molar-refractivity contribution in [1.82, 2.24) is 0 Å². The Balaban J connectivity index is 2.39. The first kappa shape index (κ1) is 12.9. The molecule has 0 radical (unpaired) electrons. The van der Waals surface area contributed by atoms with Gasteiger partial charge in [0.2, 0.25) is 0 Å². The molecule has 1 rings (SSSR count). The summed E-state index contributed by atoms with van der Waals surface area (Å²) >= 11 is 0. The zero-order chi connectivity index (χ0) is 12.0. The second-order valence-corrected chi connectivity index (χ2v) is 3.28. The van der Waals surface area contributed by atoms with E-state index >= 15 is 0 Å². The molecule has 0 aliphatic carbocycles. The summed E-state index contributed by atoms with van der Waals surface area (Å²) < 4.78 is 14.6. The standard InChI is InChI=1S/C9H15NO6/c1-14-9(12)7(11)4-6(10-13)5-8-15-2-3-16-8/h7-8,11,13H,2-5H2,1H3/b10-6+/t7-/m0/s1. The van der Waals surface area contributed by atoms with E-state index in [0.29, 0.717) is 13.2 Å². The van der Waals surface area contributed by atoms with E-state index in [1.807, 2.05) is 0 Å². The van der Waals surface area contributed by atoms with Crippen molar-refractivity contribution in [2.45, 2.75) is 25.2 Å². The summed E-state index contributed by atoms with van der Waals surface area (Å²) in [5, 5.41) is 21.0. The first-order valence-electron chi connectivity index (χ1n) is 4.86. The molecule has 7 heteroatoms. The van der Waals surface area contributed by atoms with Crippen molar-refractivity contribution in [3.63, 3.8) is 0 Å². The fourth-order valence-electron chi connectivity index (χ4n) is 1.33. The first-order valence-corrected chi connectivity index (χ1v) is 4.86. The molecule has 0 aromatic carbocycles. The monoisotopic (exact) mass is 233 g/mol. The Morgan fingerprint density at radius 2 is 2.19 bits per heavy atom. The molecule has 1 saturated heterocycles. The Bertz CT molecular complexity index is 261. The average molecular weight is 233 g/mol. The van der Waals surface area contributed by atoms with Crippen LogP contribution in [0.3, 0.4) is 0 Å². The van der Waals surface area contributed by atoms with E-state index < -0.39 is 18.4 Å². The van der Waals surface area contributed by atoms with Crippen molar-refractivity contribution in [3.8, 4) is 0 Å². The van der Waals surface area contributed by atoms with Crippen molar-refractivity contribution < 1.29 is 29.3 Å². The van der Waals surface area contributed by atoms with E-state index in [0.717, 1.165) is 0 Å². The molecule has 0 bridgehead atoms. The molecular weight excluding hydrogens is 218 g/mol. The molecule has 1 fully saturated rings. The molecule has 1 heterocycles. The fraction of sp³-hybridized carbons (Fsp3) is 0.778. The third kappa shape index (κ3) is 3.76. The SMILES string of the molecule is COC(=O)[C@@H](O)C/C(CC1OCCO1)=N\O. The van der Waals surface area contributed by atoms with Crippen LogP contribution in [0.25, 0.3) is 0 Å². The molecule has 2 N–H and O–H groups in total. The number of esters is 1. The molecule has 0 unspecified atom stereocenters. The third-order valence-electron chi connectivity index (χ3n) is 2.14. The first-order chi connectivity index (χ1) is 7.67. The van der Waals surface area contributed by atoms with Gasteiger partial charge in [-0.15, -0.1) is 0 Å². The topological polar surface area (TPSA) is 97.6 Å². The molecule has 1 aliphatic heterocycles. The largest absolute Gasteiger partial charge is 0.467 e. The molecule has 0 aromatic heterocycles. The number of hydrogen-bond acceptors (Lipinski definition) is 7. The molecule has 0 saturated carbocycles. The Kier molecular flexibility index (Phi) is 5.17. The molecular formula is C9H15NO6. The van der Waals surface area contributed by atoms with Gasteiger partial charge in [-0.2, -0.15) is 0 Å². The van der Waals surface area contributed by atoms with E-state index in [4.69, 9.17) is 14.7 Å². The van der Waals surface area contributed by atoms with Crippen LogP contribution in [0.5, 0.6) is 0 Å². The minimum Gasteiger partial charge on any atom is -0.467 e. The number of aliphatic hydroxyl groups excluding tert-OH is 1. The number of oxime groups is 1. The predicted octanol–water partition coefficient (Wildman–Crippen LogP) is -0.496. The molecule has 7 nitrogen and oxygen atoms in total. The summed E-state index contributed by atoms with van der Waals surface area (Å²) in [7, 11) is 1.17. The average Bonchev–Trinajstić information content (AvgIpc) is 2.79. The van der Waals surface area contributed by atoms with Gasteiger partial charge >= 0.3 is 5.97 Å². The minimum atomic E-state index is -1.34. The second kappa shape index (κ2) is 6.41. The maximum atomic E-state index is 10.9. The van der Waals surface area contributed by atoms with Gasteiger partial charge < -0.3 is 24.5 Å². The minimum absolute atomic E-state index is 0.105. The van der Waals surface area contributed by atoms with Crippen molar-refractivity contribution in [3.05, 3.63) is 0 Å². The number of ether oxygens (including phenoxy) is 3. The lowest BCUT2D eigenvalue weighted by atomic mass is 10.1. The van der Waals surface area contributed by atoms with Crippen LogP contribution in [0.2, 0.25) is 0 Å². The van der Waals surface area contributed by atoms with Gasteiger partial charge in [0.25, 0.3) is 0 Å². The Morgan fingerprint density at radius 3 is 2.69 bits per heavy atom. The van der Waals surface area contributed by atoms with E-state index in [-0.39, 0.29) is 18.6 Å². The number of methoxy groups -OCH3 is 1. The van der Waals surface area contributed by atoms with E-state index in [9.17, 15) is 9.90 Å². The normalized spacial score (nSPS) is 19.8. The highest BCUT2D eigenvalue weighted by atomic mass is 16.7. The molecule has 92 valence electrons. The maximum Gasteiger partial charge on any atom is 0.335 e. The molecule has 0 spiro atoms. The maximum absolute atomic E-state index is 10.9. The smallest absolute Gasteiger partial charge is 0.335 e. The summed E-state index contributed by atoms with van der Waals surface area (Å²) in [6, 6.07) is 0. The van der Waals surface area contributed by atoms with Gasteiger partial charge in [0.05, 0.1) is 26.0 Å². The number of rotatable bonds is 5. The van der Waals surface area contributed by atoms with Crippen LogP contribution in [0.1, 0.15) is 12.8 Å². The number of nitrogens with zero attached hydrogens (tertiary/aromatic N) is 1. The molecule has 1 atom stereocenters. The van der Waals surface area contributed by atoms with Crippen LogP contribution >= 0.6 is 0 Å². The third-order valence-corrected chi connectivity index (χ3v) is 2.14. The summed E-state index contributed by atoms with van der Waals surface area (Å²) in [5.74, 6) is -0.769. The molecule has 0 amide bonds. The van der Waals surface area contributed by atoms with E-state index in [2.05, 4.69) is 9.89 Å². The highest BCUT2D eigenvalue weighted by molar-refractivity contribution is 5.89. The lowest BCUT2D eigenvalue weighted by molar-refractivity contribution is -0.150. The van der Waals surface area contributed by atoms with Gasteiger partial charge in [-0.05, 0) is 0 Å². The highest BCUT2D eigenvalue weighted by Gasteiger charge is 2.23. The van der Waals surface area contributed by atoms with Gasteiger partial charge in [-0.1, -0.05) is 5.16 Å². The molecule has 16 heavy (non-hydrogen) atoms. The Morgan fingerprint density at radius 1 is 1.56 bits per heavy atom. The van der Waals surface area contributed by atoms with Gasteiger partial charge in [0.15, 0.2) is 12.4 Å². The zero-order valence-corrected chi connectivity index (χ0v) is 8.96. The lowest BCUT2D eigenvalue weighted by Crippen LogP contribution is -2.27. The number of carbonyl (C=O) groups is 1. The summed E-state index contributed by atoms with van der Waals surface area (Å²) in [4.78, 5) is 10.9. The predicted molar refractivity (Wildman–Crippen MR) is 52.2 cm³/mol. The van der Waals surface area contributed by atoms with Crippen molar-refractivity contribution in [2.24, 2.45) is 5.16 Å². The number of carbonyl (C=O) groups excluding carboxylic acids is 1. The van der Waals surface area contributed by atoms with Gasteiger partial charge in [-0.25, -0.2) is 4.79 Å². The highest BCUT2D eigenvalue weighted by Crippen LogP contribution is 2.11. The van der Waals surface area contributed by atoms with Crippen molar-refractivity contribution in [1.29, 1.82) is 0 Å². The van der Waals surface area contributed by atoms with Crippen LogP contribution < -0.4 is 0 Å². The summed E-state index contributed by atoms with van der Waals surface area (Å²) in [6.07, 6.45) is -1.70. The zero-order valence-electron chi connectivity index (χ0n) is 8.96. The number of aliphatic hydroxyl groups is 1. The quantitative estimate of drug-likeness (QED) is 0.287. The lowest BCUT2D eigenvalue weighted by Gasteiger charge is -2.12. The van der Waals surface area contributed by atoms with Gasteiger partial charge in [0, 0.05) is 12.8 Å². The van der Waals surface area contributed by atoms with Crippen LogP contribution in [0.4, 0.5) is 0 Å². The van der Waals surface area contributed by atoms with Crippen molar-refractivity contribution in [2.75, 3.05) is 20.3 Å². The van der Waals surface area contributed by atoms with E-state index in [1.54, 1.807) is 0 Å². The van der Waals surface area contributed by atoms with Crippen LogP contribution in [-0.4, -0.2) is 54.7 Å². The van der Waals surface area contributed by atoms with Crippen LogP contribution in [0.15, 0.2) is 5.16 Å². The van der Waals surface area contributed by atoms with E-state index in [1.165, 1.54) is 7.11 Å². The van der Waals surface area contributed by atoms with Crippen LogP contribution in [0, 0.1) is 0 Å². The molecule has 0 aromatic rings. The van der Waals surface area contributed by atoms with Gasteiger partial charge in [0.1, 0.15) is 0 Å². The summed E-state index contributed by atoms with van der Waals surface area (Å²) in [5.41, 5.74) is 0.227. The second-order valence-electron chi connectivity index (χ2n) is 3.28. The summed E-state index contributed by atoms with van der Waals surface area (Å²) in [6.45, 7) is 0.978.